The van der Waals surface area contributed by atoms with Gasteiger partial charge in [0.1, 0.15) is 0 Å². The lowest BCUT2D eigenvalue weighted by molar-refractivity contribution is 1.28. The van der Waals surface area contributed by atoms with Crippen LogP contribution in [0.1, 0.15) is 10.4 Å². The number of benzene rings is 3. The van der Waals surface area contributed by atoms with Gasteiger partial charge >= 0.3 is 0 Å². The normalized spacial score (nSPS) is 11.1. The number of hydrogen-bond donors (Lipinski definition) is 0. The molecule has 0 atom stereocenters. The standard InChI is InChI=1S/C24H17Br2NS/c25-19-6-12-22(13-7-19)27(23-14-8-20(26)9-15-23)21-10-3-18(4-11-21)5-16-24-2-1-17-28-24/h1-17H/b16-5+. The number of halogens is 2. The molecule has 1 heterocycles. The largest absolute Gasteiger partial charge is 0.311 e. The molecule has 4 rings (SSSR count). The fraction of sp³-hybridized carbons (Fsp3) is 0. The molecule has 4 aromatic rings. The Morgan fingerprint density at radius 1 is 0.607 bits per heavy atom. The lowest BCUT2D eigenvalue weighted by atomic mass is 10.1. The van der Waals surface area contributed by atoms with Crippen molar-refractivity contribution in [3.63, 3.8) is 0 Å². The van der Waals surface area contributed by atoms with Crippen LogP contribution in [0.2, 0.25) is 0 Å². The van der Waals surface area contributed by atoms with Crippen molar-refractivity contribution in [3.05, 3.63) is 110 Å². The van der Waals surface area contributed by atoms with Gasteiger partial charge < -0.3 is 4.90 Å². The van der Waals surface area contributed by atoms with Gasteiger partial charge in [-0.3, -0.25) is 0 Å². The number of anilines is 3. The van der Waals surface area contributed by atoms with Gasteiger partial charge in [-0.1, -0.05) is 56.1 Å². The SMILES string of the molecule is Brc1ccc(N(c2ccc(Br)cc2)c2ccc(/C=C/c3cccs3)cc2)cc1. The van der Waals surface area contributed by atoms with Gasteiger partial charge in [-0.05, 0) is 83.7 Å². The zero-order valence-electron chi connectivity index (χ0n) is 14.9. The van der Waals surface area contributed by atoms with Gasteiger partial charge in [-0.2, -0.15) is 0 Å². The molecule has 1 aromatic heterocycles. The van der Waals surface area contributed by atoms with Crippen molar-refractivity contribution in [3.8, 4) is 0 Å². The van der Waals surface area contributed by atoms with Crippen LogP contribution >= 0.6 is 43.2 Å². The minimum absolute atomic E-state index is 1.07. The van der Waals surface area contributed by atoms with Gasteiger partial charge in [-0.15, -0.1) is 11.3 Å². The Balaban J connectivity index is 1.68. The Kier molecular flexibility index (Phi) is 6.10. The zero-order valence-corrected chi connectivity index (χ0v) is 18.9. The Bertz CT molecular complexity index is 1010. The molecule has 4 heteroatoms. The molecule has 0 N–H and O–H groups in total. The van der Waals surface area contributed by atoms with Crippen LogP contribution in [-0.2, 0) is 0 Å². The molecule has 3 aromatic carbocycles. The molecule has 138 valence electrons. The molecule has 0 unspecified atom stereocenters. The lowest BCUT2D eigenvalue weighted by Gasteiger charge is -2.25. The first-order valence-corrected chi connectivity index (χ1v) is 11.3. The van der Waals surface area contributed by atoms with Gasteiger partial charge in [0.2, 0.25) is 0 Å². The Morgan fingerprint density at radius 2 is 1.11 bits per heavy atom. The molecule has 1 nitrogen and oxygen atoms in total. The predicted octanol–water partition coefficient (Wildman–Crippen LogP) is 8.91. The summed E-state index contributed by atoms with van der Waals surface area (Å²) in [5.74, 6) is 0. The fourth-order valence-electron chi connectivity index (χ4n) is 2.93. The summed E-state index contributed by atoms with van der Waals surface area (Å²) >= 11 is 8.80. The second-order valence-electron chi connectivity index (χ2n) is 6.23. The third-order valence-corrected chi connectivity index (χ3v) is 6.20. The first-order valence-electron chi connectivity index (χ1n) is 8.82. The van der Waals surface area contributed by atoms with Crippen LogP contribution in [0.5, 0.6) is 0 Å². The molecular weight excluding hydrogens is 494 g/mol. The van der Waals surface area contributed by atoms with Crippen molar-refractivity contribution >= 4 is 72.4 Å². The monoisotopic (exact) mass is 509 g/mol. The van der Waals surface area contributed by atoms with E-state index in [4.69, 9.17) is 0 Å². The highest BCUT2D eigenvalue weighted by atomic mass is 79.9. The minimum Gasteiger partial charge on any atom is -0.311 e. The summed E-state index contributed by atoms with van der Waals surface area (Å²) in [6, 6.07) is 29.6. The summed E-state index contributed by atoms with van der Waals surface area (Å²) in [6.45, 7) is 0. The van der Waals surface area contributed by atoms with E-state index in [0.29, 0.717) is 0 Å². The van der Waals surface area contributed by atoms with Crippen LogP contribution in [0, 0.1) is 0 Å². The molecule has 0 saturated heterocycles. The molecule has 28 heavy (non-hydrogen) atoms. The van der Waals surface area contributed by atoms with Crippen LogP contribution < -0.4 is 4.90 Å². The number of thiophene rings is 1. The molecule has 0 aliphatic heterocycles. The first-order chi connectivity index (χ1) is 13.7. The summed E-state index contributed by atoms with van der Waals surface area (Å²) < 4.78 is 2.14. The van der Waals surface area contributed by atoms with Crippen molar-refractivity contribution in [1.29, 1.82) is 0 Å². The van der Waals surface area contributed by atoms with Gasteiger partial charge in [-0.25, -0.2) is 0 Å². The summed E-state index contributed by atoms with van der Waals surface area (Å²) in [4.78, 5) is 3.52. The first kappa shape index (κ1) is 19.2. The van der Waals surface area contributed by atoms with Crippen LogP contribution in [0.3, 0.4) is 0 Å². The zero-order chi connectivity index (χ0) is 19.3. The lowest BCUT2D eigenvalue weighted by Crippen LogP contribution is -2.09. The third-order valence-electron chi connectivity index (χ3n) is 4.30. The molecule has 0 spiro atoms. The number of hydrogen-bond acceptors (Lipinski definition) is 2. The quantitative estimate of drug-likeness (QED) is 0.259. The predicted molar refractivity (Wildman–Crippen MR) is 130 cm³/mol. The highest BCUT2D eigenvalue weighted by molar-refractivity contribution is 9.10. The van der Waals surface area contributed by atoms with Crippen molar-refractivity contribution in [1.82, 2.24) is 0 Å². The van der Waals surface area contributed by atoms with Gasteiger partial charge in [0.15, 0.2) is 0 Å². The molecule has 0 saturated carbocycles. The van der Waals surface area contributed by atoms with Crippen LogP contribution in [0.4, 0.5) is 17.1 Å². The molecule has 0 aliphatic rings. The van der Waals surface area contributed by atoms with E-state index in [1.165, 1.54) is 10.4 Å². The molecule has 0 aliphatic carbocycles. The Hall–Kier alpha value is -2.14. The number of nitrogens with zero attached hydrogens (tertiary/aromatic N) is 1. The summed E-state index contributed by atoms with van der Waals surface area (Å²) in [6.07, 6.45) is 4.31. The van der Waals surface area contributed by atoms with E-state index in [-0.39, 0.29) is 0 Å². The highest BCUT2D eigenvalue weighted by Gasteiger charge is 2.12. The maximum absolute atomic E-state index is 3.53. The van der Waals surface area contributed by atoms with Crippen molar-refractivity contribution < 1.29 is 0 Å². The molecule has 0 fully saturated rings. The Labute approximate surface area is 186 Å². The average Bonchev–Trinajstić information content (AvgIpc) is 3.24. The van der Waals surface area contributed by atoms with E-state index in [9.17, 15) is 0 Å². The highest BCUT2D eigenvalue weighted by Crippen LogP contribution is 2.35. The molecule has 0 amide bonds. The van der Waals surface area contributed by atoms with E-state index >= 15 is 0 Å². The maximum Gasteiger partial charge on any atom is 0.0462 e. The van der Waals surface area contributed by atoms with Crippen molar-refractivity contribution in [2.24, 2.45) is 0 Å². The van der Waals surface area contributed by atoms with Gasteiger partial charge in [0.25, 0.3) is 0 Å². The van der Waals surface area contributed by atoms with Gasteiger partial charge in [0.05, 0.1) is 0 Å². The van der Waals surface area contributed by atoms with Crippen LogP contribution in [0.25, 0.3) is 12.2 Å². The second-order valence-corrected chi connectivity index (χ2v) is 9.04. The summed E-state index contributed by atoms with van der Waals surface area (Å²) in [5.41, 5.74) is 4.54. The van der Waals surface area contributed by atoms with E-state index in [0.717, 1.165) is 26.0 Å². The van der Waals surface area contributed by atoms with Gasteiger partial charge in [0, 0.05) is 30.9 Å². The topological polar surface area (TPSA) is 3.24 Å². The van der Waals surface area contributed by atoms with Crippen LogP contribution in [0.15, 0.2) is 99.3 Å². The van der Waals surface area contributed by atoms with Crippen molar-refractivity contribution in [2.75, 3.05) is 4.90 Å². The molecule has 0 radical (unpaired) electrons. The number of rotatable bonds is 5. The second kappa shape index (κ2) is 8.91. The summed E-state index contributed by atoms with van der Waals surface area (Å²) in [7, 11) is 0. The maximum atomic E-state index is 3.53. The third kappa shape index (κ3) is 4.64. The van der Waals surface area contributed by atoms with E-state index in [1.807, 2.05) is 0 Å². The minimum atomic E-state index is 1.07. The Morgan fingerprint density at radius 3 is 1.57 bits per heavy atom. The van der Waals surface area contributed by atoms with Crippen molar-refractivity contribution in [2.45, 2.75) is 0 Å². The molecule has 0 bridgehead atoms. The molecular formula is C24H17Br2NS. The van der Waals surface area contributed by atoms with E-state index < -0.39 is 0 Å². The van der Waals surface area contributed by atoms with E-state index in [2.05, 4.69) is 139 Å². The fourth-order valence-corrected chi connectivity index (χ4v) is 4.07. The average molecular weight is 511 g/mol. The van der Waals surface area contributed by atoms with E-state index in [1.54, 1.807) is 11.3 Å². The smallest absolute Gasteiger partial charge is 0.0462 e. The van der Waals surface area contributed by atoms with Crippen LogP contribution in [-0.4, -0.2) is 0 Å². The summed E-state index contributed by atoms with van der Waals surface area (Å²) in [5, 5.41) is 2.09.